The molecule has 0 saturated carbocycles. The van der Waals surface area contributed by atoms with Gasteiger partial charge in [-0.25, -0.2) is 4.98 Å². The third kappa shape index (κ3) is 4.10. The number of para-hydroxylation sites is 1. The van der Waals surface area contributed by atoms with Crippen molar-refractivity contribution < 1.29 is 9.53 Å². The summed E-state index contributed by atoms with van der Waals surface area (Å²) in [5.74, 6) is 1.48. The van der Waals surface area contributed by atoms with E-state index >= 15 is 0 Å². The maximum absolute atomic E-state index is 12.8. The summed E-state index contributed by atoms with van der Waals surface area (Å²) in [4.78, 5) is 19.9. The maximum Gasteiger partial charge on any atom is 0.252 e. The summed E-state index contributed by atoms with van der Waals surface area (Å²) in [5, 5.41) is 3.91. The number of nitrogens with one attached hydrogen (secondary N) is 1. The fourth-order valence-electron chi connectivity index (χ4n) is 3.50. The fraction of sp³-hybridized carbons (Fsp3) is 0.500. The summed E-state index contributed by atoms with van der Waals surface area (Å²) < 4.78 is 5.12. The number of methoxy groups -OCH3 is 1. The molecule has 5 nitrogen and oxygen atoms in total. The van der Waals surface area contributed by atoms with Crippen molar-refractivity contribution in [2.24, 2.45) is 5.92 Å². The summed E-state index contributed by atoms with van der Waals surface area (Å²) in [6, 6.07) is 9.75. The van der Waals surface area contributed by atoms with Crippen LogP contribution < -0.4 is 10.2 Å². The van der Waals surface area contributed by atoms with Crippen LogP contribution in [-0.4, -0.2) is 43.7 Å². The van der Waals surface area contributed by atoms with E-state index in [1.165, 1.54) is 12.8 Å². The molecule has 0 bridgehead atoms. The normalized spacial score (nSPS) is 19.0. The first-order chi connectivity index (χ1) is 12.1. The Morgan fingerprint density at radius 1 is 1.44 bits per heavy atom. The van der Waals surface area contributed by atoms with E-state index in [1.807, 2.05) is 37.3 Å². The zero-order chi connectivity index (χ0) is 17.8. The van der Waals surface area contributed by atoms with Crippen LogP contribution in [0.25, 0.3) is 10.9 Å². The van der Waals surface area contributed by atoms with E-state index in [1.54, 1.807) is 7.11 Å². The molecule has 2 aromatic rings. The first-order valence-corrected chi connectivity index (χ1v) is 9.03. The largest absolute Gasteiger partial charge is 0.383 e. The molecule has 1 saturated heterocycles. The van der Waals surface area contributed by atoms with Crippen molar-refractivity contribution in [1.29, 1.82) is 0 Å². The van der Waals surface area contributed by atoms with E-state index < -0.39 is 0 Å². The van der Waals surface area contributed by atoms with E-state index in [-0.39, 0.29) is 11.9 Å². The maximum atomic E-state index is 12.8. The van der Waals surface area contributed by atoms with Gasteiger partial charge in [0.05, 0.1) is 17.7 Å². The van der Waals surface area contributed by atoms with Gasteiger partial charge in [0.25, 0.3) is 5.91 Å². The fourth-order valence-corrected chi connectivity index (χ4v) is 3.50. The Bertz CT molecular complexity index is 747. The second-order valence-electron chi connectivity index (χ2n) is 7.07. The van der Waals surface area contributed by atoms with E-state index in [4.69, 9.17) is 9.72 Å². The monoisotopic (exact) mass is 341 g/mol. The molecule has 25 heavy (non-hydrogen) atoms. The number of carbonyl (C=O) groups is 1. The van der Waals surface area contributed by atoms with Crippen LogP contribution in [-0.2, 0) is 4.74 Å². The van der Waals surface area contributed by atoms with E-state index in [2.05, 4.69) is 17.1 Å². The molecule has 1 aliphatic rings. The van der Waals surface area contributed by atoms with Crippen molar-refractivity contribution in [2.75, 3.05) is 31.7 Å². The van der Waals surface area contributed by atoms with Crippen molar-refractivity contribution in [2.45, 2.75) is 32.7 Å². The van der Waals surface area contributed by atoms with Gasteiger partial charge in [-0.3, -0.25) is 4.79 Å². The number of anilines is 1. The molecule has 1 aromatic heterocycles. The van der Waals surface area contributed by atoms with Gasteiger partial charge >= 0.3 is 0 Å². The minimum atomic E-state index is -0.0746. The number of ether oxygens (including phenoxy) is 1. The Kier molecular flexibility index (Phi) is 5.53. The average molecular weight is 341 g/mol. The Morgan fingerprint density at radius 3 is 3.00 bits per heavy atom. The van der Waals surface area contributed by atoms with Gasteiger partial charge in [-0.05, 0) is 37.8 Å². The smallest absolute Gasteiger partial charge is 0.252 e. The molecule has 1 aromatic carbocycles. The Morgan fingerprint density at radius 2 is 2.24 bits per heavy atom. The third-order valence-electron chi connectivity index (χ3n) is 4.72. The predicted molar refractivity (Wildman–Crippen MR) is 101 cm³/mol. The molecule has 1 aliphatic heterocycles. The lowest BCUT2D eigenvalue weighted by Crippen LogP contribution is -2.37. The number of amides is 1. The summed E-state index contributed by atoms with van der Waals surface area (Å²) in [5.41, 5.74) is 1.55. The van der Waals surface area contributed by atoms with Crippen molar-refractivity contribution in [3.8, 4) is 0 Å². The minimum Gasteiger partial charge on any atom is -0.383 e. The molecule has 0 unspecified atom stereocenters. The molecule has 0 aliphatic carbocycles. The van der Waals surface area contributed by atoms with Gasteiger partial charge in [0.15, 0.2) is 0 Å². The third-order valence-corrected chi connectivity index (χ3v) is 4.72. The van der Waals surface area contributed by atoms with Crippen molar-refractivity contribution in [1.82, 2.24) is 10.3 Å². The minimum absolute atomic E-state index is 0.0390. The van der Waals surface area contributed by atoms with Gasteiger partial charge in [-0.2, -0.15) is 0 Å². The van der Waals surface area contributed by atoms with Crippen molar-refractivity contribution in [3.63, 3.8) is 0 Å². The number of pyridine rings is 1. The molecule has 0 spiro atoms. The van der Waals surface area contributed by atoms with Gasteiger partial charge in [-0.15, -0.1) is 0 Å². The lowest BCUT2D eigenvalue weighted by molar-refractivity contribution is 0.0907. The Hall–Kier alpha value is -2.14. The van der Waals surface area contributed by atoms with Crippen molar-refractivity contribution >= 4 is 22.6 Å². The molecule has 134 valence electrons. The SMILES string of the molecule is COC[C@H](C)NC(=O)c1cc(N2CCC[C@H](C)C2)nc2ccccc12. The van der Waals surface area contributed by atoms with Crippen LogP contribution in [0.5, 0.6) is 0 Å². The van der Waals surface area contributed by atoms with E-state index in [0.29, 0.717) is 18.1 Å². The van der Waals surface area contributed by atoms with E-state index in [9.17, 15) is 4.79 Å². The lowest BCUT2D eigenvalue weighted by atomic mass is 10.00. The Balaban J connectivity index is 1.96. The number of hydrogen-bond donors (Lipinski definition) is 1. The van der Waals surface area contributed by atoms with Gasteiger partial charge in [0.1, 0.15) is 5.82 Å². The van der Waals surface area contributed by atoms with Crippen LogP contribution in [0.4, 0.5) is 5.82 Å². The number of aromatic nitrogens is 1. The first-order valence-electron chi connectivity index (χ1n) is 9.03. The molecule has 2 atom stereocenters. The quantitative estimate of drug-likeness (QED) is 0.907. The summed E-state index contributed by atoms with van der Waals surface area (Å²) in [7, 11) is 1.64. The molecule has 2 heterocycles. The van der Waals surface area contributed by atoms with Crippen LogP contribution in [0, 0.1) is 5.92 Å². The average Bonchev–Trinajstić information content (AvgIpc) is 2.61. The van der Waals surface area contributed by atoms with Crippen molar-refractivity contribution in [3.05, 3.63) is 35.9 Å². The molecule has 0 radical (unpaired) electrons. The topological polar surface area (TPSA) is 54.5 Å². The number of benzene rings is 1. The zero-order valence-corrected chi connectivity index (χ0v) is 15.3. The highest BCUT2D eigenvalue weighted by molar-refractivity contribution is 6.07. The summed E-state index contributed by atoms with van der Waals surface area (Å²) in [6.45, 7) is 6.69. The number of fused-ring (bicyclic) bond motifs is 1. The van der Waals surface area contributed by atoms with Crippen LogP contribution >= 0.6 is 0 Å². The summed E-state index contributed by atoms with van der Waals surface area (Å²) in [6.07, 6.45) is 2.42. The van der Waals surface area contributed by atoms with Crippen LogP contribution in [0.3, 0.4) is 0 Å². The molecular formula is C20H27N3O2. The number of rotatable bonds is 5. The van der Waals surface area contributed by atoms with Gasteiger partial charge in [0, 0.05) is 31.6 Å². The number of piperidine rings is 1. The van der Waals surface area contributed by atoms with Gasteiger partial charge in [0.2, 0.25) is 0 Å². The highest BCUT2D eigenvalue weighted by Gasteiger charge is 2.21. The number of hydrogen-bond acceptors (Lipinski definition) is 4. The van der Waals surface area contributed by atoms with E-state index in [0.717, 1.165) is 29.8 Å². The molecular weight excluding hydrogens is 314 g/mol. The highest BCUT2D eigenvalue weighted by atomic mass is 16.5. The van der Waals surface area contributed by atoms with Crippen LogP contribution in [0.15, 0.2) is 30.3 Å². The second kappa shape index (κ2) is 7.83. The lowest BCUT2D eigenvalue weighted by Gasteiger charge is -2.32. The molecule has 1 fully saturated rings. The summed E-state index contributed by atoms with van der Waals surface area (Å²) >= 11 is 0. The molecule has 5 heteroatoms. The van der Waals surface area contributed by atoms with Crippen LogP contribution in [0.1, 0.15) is 37.0 Å². The first kappa shape index (κ1) is 17.7. The molecule has 1 amide bonds. The predicted octanol–water partition coefficient (Wildman–Crippen LogP) is 3.24. The van der Waals surface area contributed by atoms with Gasteiger partial charge < -0.3 is 15.0 Å². The van der Waals surface area contributed by atoms with Crippen LogP contribution in [0.2, 0.25) is 0 Å². The molecule has 3 rings (SSSR count). The number of nitrogens with zero attached hydrogens (tertiary/aromatic N) is 2. The second-order valence-corrected chi connectivity index (χ2v) is 7.07. The standard InChI is InChI=1S/C20H27N3O2/c1-14-7-6-10-23(12-14)19-11-17(20(24)21-15(2)13-25-3)16-8-4-5-9-18(16)22-19/h4-5,8-9,11,14-15H,6-7,10,12-13H2,1-3H3,(H,21,24)/t14-,15-/m0/s1. The number of carbonyl (C=O) groups excluding carboxylic acids is 1. The van der Waals surface area contributed by atoms with Gasteiger partial charge in [-0.1, -0.05) is 25.1 Å². The zero-order valence-electron chi connectivity index (χ0n) is 15.3. The highest BCUT2D eigenvalue weighted by Crippen LogP contribution is 2.26. The Labute approximate surface area is 149 Å². The molecule has 1 N–H and O–H groups in total.